The average Bonchev–Trinajstić information content (AvgIpc) is 2.72. The summed E-state index contributed by atoms with van der Waals surface area (Å²) in [7, 11) is 1.21. The van der Waals surface area contributed by atoms with Crippen molar-refractivity contribution >= 4 is 17.8 Å². The number of carbonyl (C=O) groups excluding carboxylic acids is 1. The number of ether oxygens (including phenoxy) is 2. The van der Waals surface area contributed by atoms with Crippen molar-refractivity contribution in [3.05, 3.63) is 57.6 Å². The van der Waals surface area contributed by atoms with Gasteiger partial charge in [-0.3, -0.25) is 14.9 Å². The molecule has 0 aliphatic carbocycles. The molecule has 0 bridgehead atoms. The van der Waals surface area contributed by atoms with Crippen LogP contribution in [0.15, 0.2) is 41.5 Å². The number of benzene rings is 2. The maximum Gasteiger partial charge on any atom is 0.323 e. The normalized spacial score (nSPS) is 11.8. The third kappa shape index (κ3) is 5.68. The number of phenolic OH excluding ortho intramolecular Hbond substituents is 1. The molecule has 2 rings (SSSR count). The topological polar surface area (TPSA) is 123 Å². The molecule has 0 aliphatic heterocycles. The summed E-state index contributed by atoms with van der Waals surface area (Å²) in [6.07, 6.45) is 2.13. The van der Waals surface area contributed by atoms with Gasteiger partial charge in [0.1, 0.15) is 5.75 Å². The first-order valence-corrected chi connectivity index (χ1v) is 8.96. The molecule has 0 unspecified atom stereocenters. The zero-order valence-electron chi connectivity index (χ0n) is 16.4. The van der Waals surface area contributed by atoms with E-state index in [0.717, 1.165) is 12.6 Å². The number of carbonyl (C=O) groups is 1. The highest BCUT2D eigenvalue weighted by Gasteiger charge is 2.23. The first-order chi connectivity index (χ1) is 13.9. The van der Waals surface area contributed by atoms with Gasteiger partial charge in [0.2, 0.25) is 5.75 Å². The van der Waals surface area contributed by atoms with Gasteiger partial charge in [0.05, 0.1) is 23.8 Å². The van der Waals surface area contributed by atoms with E-state index in [1.165, 1.54) is 24.8 Å². The Bertz CT molecular complexity index is 896. The van der Waals surface area contributed by atoms with Crippen molar-refractivity contribution in [2.75, 3.05) is 13.7 Å². The molecule has 0 saturated carbocycles. The van der Waals surface area contributed by atoms with Crippen molar-refractivity contribution in [2.45, 2.75) is 26.2 Å². The van der Waals surface area contributed by atoms with Crippen LogP contribution < -0.4 is 14.9 Å². The molecule has 0 radical (unpaired) electrons. The third-order valence-electron chi connectivity index (χ3n) is 4.35. The fraction of sp³-hybridized carbons (Fsp3) is 0.300. The van der Waals surface area contributed by atoms with Crippen LogP contribution in [0.4, 0.5) is 5.69 Å². The molecule has 0 fully saturated rings. The van der Waals surface area contributed by atoms with Gasteiger partial charge in [-0.05, 0) is 42.2 Å². The highest BCUT2D eigenvalue weighted by Crippen LogP contribution is 2.37. The van der Waals surface area contributed by atoms with E-state index < -0.39 is 16.5 Å². The monoisotopic (exact) mass is 401 g/mol. The van der Waals surface area contributed by atoms with Crippen molar-refractivity contribution in [3.63, 3.8) is 0 Å². The molecule has 0 spiro atoms. The Labute approximate surface area is 168 Å². The lowest BCUT2D eigenvalue weighted by Crippen LogP contribution is -2.24. The lowest BCUT2D eigenvalue weighted by atomic mass is 9.99. The Morgan fingerprint density at radius 3 is 2.59 bits per heavy atom. The van der Waals surface area contributed by atoms with Crippen LogP contribution in [-0.2, 0) is 4.79 Å². The molecule has 1 amide bonds. The summed E-state index contributed by atoms with van der Waals surface area (Å²) in [5.41, 5.74) is 3.04. The van der Waals surface area contributed by atoms with E-state index in [4.69, 9.17) is 9.47 Å². The van der Waals surface area contributed by atoms with Crippen molar-refractivity contribution in [3.8, 4) is 17.2 Å². The van der Waals surface area contributed by atoms with Crippen molar-refractivity contribution in [2.24, 2.45) is 5.10 Å². The predicted octanol–water partition coefficient (Wildman–Crippen LogP) is 3.35. The Hall–Kier alpha value is -3.62. The van der Waals surface area contributed by atoms with Gasteiger partial charge in [0, 0.05) is 0 Å². The molecule has 1 atom stereocenters. The first-order valence-electron chi connectivity index (χ1n) is 8.96. The summed E-state index contributed by atoms with van der Waals surface area (Å²) in [4.78, 5) is 22.4. The number of nitrogens with zero attached hydrogens (tertiary/aromatic N) is 2. The average molecular weight is 401 g/mol. The van der Waals surface area contributed by atoms with Gasteiger partial charge in [0.25, 0.3) is 5.91 Å². The minimum Gasteiger partial charge on any atom is -0.504 e. The zero-order chi connectivity index (χ0) is 21.4. The summed E-state index contributed by atoms with van der Waals surface area (Å²) >= 11 is 0. The van der Waals surface area contributed by atoms with E-state index in [1.807, 2.05) is 12.1 Å². The standard InChI is InChI=1S/C20H23N3O6/c1-4-13(2)14-5-8-16(9-6-14)29-12-18(25)22-21-11-15-7-10-17(24)20(28-3)19(15)23(26)27/h5-11,13,24H,4,12H2,1-3H3,(H,22,25)/b21-11+/t13-/m1/s1. The number of methoxy groups -OCH3 is 1. The summed E-state index contributed by atoms with van der Waals surface area (Å²) in [6.45, 7) is 3.99. The quantitative estimate of drug-likeness (QED) is 0.377. The molecule has 2 N–H and O–H groups in total. The van der Waals surface area contributed by atoms with Gasteiger partial charge in [-0.25, -0.2) is 5.43 Å². The molecule has 0 saturated heterocycles. The van der Waals surface area contributed by atoms with E-state index >= 15 is 0 Å². The molecule has 2 aromatic carbocycles. The van der Waals surface area contributed by atoms with E-state index in [-0.39, 0.29) is 23.7 Å². The summed E-state index contributed by atoms with van der Waals surface area (Å²) < 4.78 is 10.3. The number of nitro benzene ring substituents is 1. The molecule has 29 heavy (non-hydrogen) atoms. The molecule has 0 heterocycles. The van der Waals surface area contributed by atoms with Gasteiger partial charge in [-0.1, -0.05) is 26.0 Å². The van der Waals surface area contributed by atoms with Gasteiger partial charge >= 0.3 is 5.69 Å². The highest BCUT2D eigenvalue weighted by atomic mass is 16.6. The molecular weight excluding hydrogens is 378 g/mol. The Morgan fingerprint density at radius 1 is 1.31 bits per heavy atom. The van der Waals surface area contributed by atoms with Crippen LogP contribution >= 0.6 is 0 Å². The highest BCUT2D eigenvalue weighted by molar-refractivity contribution is 5.89. The summed E-state index contributed by atoms with van der Waals surface area (Å²) in [6, 6.07) is 10.0. The lowest BCUT2D eigenvalue weighted by Gasteiger charge is -2.10. The Balaban J connectivity index is 1.96. The Kier molecular flexibility index (Phi) is 7.53. The van der Waals surface area contributed by atoms with Crippen LogP contribution in [-0.4, -0.2) is 35.9 Å². The molecular formula is C20H23N3O6. The maximum atomic E-state index is 11.9. The number of hydrazone groups is 1. The number of hydrogen-bond acceptors (Lipinski definition) is 7. The number of hydrogen-bond donors (Lipinski definition) is 2. The van der Waals surface area contributed by atoms with Crippen LogP contribution in [0.25, 0.3) is 0 Å². The second-order valence-corrected chi connectivity index (χ2v) is 6.27. The van der Waals surface area contributed by atoms with E-state index in [2.05, 4.69) is 24.4 Å². The second-order valence-electron chi connectivity index (χ2n) is 6.27. The third-order valence-corrected chi connectivity index (χ3v) is 4.35. The predicted molar refractivity (Wildman–Crippen MR) is 108 cm³/mol. The van der Waals surface area contributed by atoms with Gasteiger partial charge < -0.3 is 14.6 Å². The Morgan fingerprint density at radius 2 is 2.00 bits per heavy atom. The maximum absolute atomic E-state index is 11.9. The molecule has 154 valence electrons. The van der Waals surface area contributed by atoms with Crippen LogP contribution in [0.2, 0.25) is 0 Å². The molecule has 2 aromatic rings. The van der Waals surface area contributed by atoms with Crippen LogP contribution in [0.5, 0.6) is 17.2 Å². The second kappa shape index (κ2) is 10.1. The van der Waals surface area contributed by atoms with Crippen LogP contribution in [0.3, 0.4) is 0 Å². The fourth-order valence-electron chi connectivity index (χ4n) is 2.55. The van der Waals surface area contributed by atoms with Crippen molar-refractivity contribution in [1.29, 1.82) is 0 Å². The van der Waals surface area contributed by atoms with Gasteiger partial charge in [-0.2, -0.15) is 5.10 Å². The van der Waals surface area contributed by atoms with Crippen LogP contribution in [0, 0.1) is 10.1 Å². The van der Waals surface area contributed by atoms with E-state index in [9.17, 15) is 20.0 Å². The summed E-state index contributed by atoms with van der Waals surface area (Å²) in [5.74, 6) is -0.178. The SMILES string of the molecule is CC[C@@H](C)c1ccc(OCC(=O)N/N=C/c2ccc(O)c(OC)c2[N+](=O)[O-])cc1. The largest absolute Gasteiger partial charge is 0.504 e. The number of rotatable bonds is 9. The molecule has 9 heteroatoms. The molecule has 9 nitrogen and oxygen atoms in total. The summed E-state index contributed by atoms with van der Waals surface area (Å²) in [5, 5.41) is 24.6. The van der Waals surface area contributed by atoms with Crippen molar-refractivity contribution < 1.29 is 24.3 Å². The van der Waals surface area contributed by atoms with Crippen LogP contribution in [0.1, 0.15) is 37.3 Å². The smallest absolute Gasteiger partial charge is 0.323 e. The van der Waals surface area contributed by atoms with E-state index in [1.54, 1.807) is 12.1 Å². The van der Waals surface area contributed by atoms with Gasteiger partial charge in [-0.15, -0.1) is 0 Å². The first kappa shape index (κ1) is 21.7. The van der Waals surface area contributed by atoms with Crippen molar-refractivity contribution in [1.82, 2.24) is 5.43 Å². The minimum atomic E-state index is -0.700. The minimum absolute atomic E-state index is 0.0616. The number of nitro groups is 1. The number of amides is 1. The lowest BCUT2D eigenvalue weighted by molar-refractivity contribution is -0.386. The van der Waals surface area contributed by atoms with Gasteiger partial charge in [0.15, 0.2) is 12.4 Å². The number of phenols is 1. The zero-order valence-corrected chi connectivity index (χ0v) is 16.4. The number of aromatic hydroxyl groups is 1. The fourth-order valence-corrected chi connectivity index (χ4v) is 2.55. The number of nitrogens with one attached hydrogen (secondary N) is 1. The van der Waals surface area contributed by atoms with E-state index in [0.29, 0.717) is 11.7 Å². The molecule has 0 aliphatic rings. The molecule has 0 aromatic heterocycles.